The average molecular weight is 358 g/mol. The number of carbonyl (C=O) groups is 3. The summed E-state index contributed by atoms with van der Waals surface area (Å²) in [5.41, 5.74) is 1.86. The van der Waals surface area contributed by atoms with Crippen LogP contribution in [0.25, 0.3) is 0 Å². The topological polar surface area (TPSA) is 66.5 Å². The summed E-state index contributed by atoms with van der Waals surface area (Å²) in [4.78, 5) is 37.8. The number of amides is 2. The van der Waals surface area contributed by atoms with E-state index in [1.165, 1.54) is 5.56 Å². The fourth-order valence-corrected chi connectivity index (χ4v) is 3.16. The van der Waals surface area contributed by atoms with Crippen LogP contribution in [0.3, 0.4) is 0 Å². The molecule has 0 aliphatic carbocycles. The molecule has 5 nitrogen and oxygen atoms in total. The second kappa shape index (κ2) is 10.7. The van der Waals surface area contributed by atoms with Gasteiger partial charge in [-0.15, -0.1) is 0 Å². The first kappa shape index (κ1) is 20.1. The molecular weight excluding hydrogens is 328 g/mol. The van der Waals surface area contributed by atoms with Crippen LogP contribution in [0.15, 0.2) is 24.3 Å². The van der Waals surface area contributed by atoms with Gasteiger partial charge in [0.05, 0.1) is 0 Å². The van der Waals surface area contributed by atoms with E-state index in [0.717, 1.165) is 38.6 Å². The van der Waals surface area contributed by atoms with Crippen LogP contribution in [-0.4, -0.2) is 42.1 Å². The molecule has 1 aromatic rings. The molecule has 1 heterocycles. The lowest BCUT2D eigenvalue weighted by atomic mass is 10.0. The Labute approximate surface area is 156 Å². The van der Waals surface area contributed by atoms with Gasteiger partial charge in [0.2, 0.25) is 11.8 Å². The van der Waals surface area contributed by atoms with Gasteiger partial charge in [-0.3, -0.25) is 14.4 Å². The Morgan fingerprint density at radius 2 is 1.85 bits per heavy atom. The van der Waals surface area contributed by atoms with Crippen LogP contribution >= 0.6 is 0 Å². The number of aryl methyl sites for hydroxylation is 1. The number of hydrogen-bond donors (Lipinski definition) is 1. The van der Waals surface area contributed by atoms with Gasteiger partial charge in [0, 0.05) is 44.5 Å². The van der Waals surface area contributed by atoms with E-state index in [9.17, 15) is 14.4 Å². The number of nitrogens with zero attached hydrogens (tertiary/aromatic N) is 1. The Balaban J connectivity index is 1.62. The summed E-state index contributed by atoms with van der Waals surface area (Å²) in [6, 6.07) is 7.57. The van der Waals surface area contributed by atoms with Gasteiger partial charge < -0.3 is 10.2 Å². The number of hydrogen-bond acceptors (Lipinski definition) is 3. The summed E-state index contributed by atoms with van der Waals surface area (Å²) in [5.74, 6) is 0.122. The number of ketones is 1. The van der Waals surface area contributed by atoms with Crippen molar-refractivity contribution in [1.29, 1.82) is 0 Å². The van der Waals surface area contributed by atoms with Crippen LogP contribution in [0, 0.1) is 0 Å². The maximum atomic E-state index is 12.1. The third kappa shape index (κ3) is 6.62. The van der Waals surface area contributed by atoms with Crippen molar-refractivity contribution in [2.45, 2.75) is 58.3 Å². The lowest BCUT2D eigenvalue weighted by molar-refractivity contribution is -0.130. The van der Waals surface area contributed by atoms with Crippen molar-refractivity contribution in [3.63, 3.8) is 0 Å². The molecule has 0 saturated carbocycles. The Morgan fingerprint density at radius 1 is 1.08 bits per heavy atom. The van der Waals surface area contributed by atoms with E-state index in [4.69, 9.17) is 0 Å². The molecule has 0 spiro atoms. The molecule has 1 aromatic carbocycles. The molecule has 0 unspecified atom stereocenters. The molecule has 1 N–H and O–H groups in total. The molecule has 0 aromatic heterocycles. The Morgan fingerprint density at radius 3 is 2.58 bits per heavy atom. The molecule has 1 aliphatic rings. The third-order valence-electron chi connectivity index (χ3n) is 4.86. The van der Waals surface area contributed by atoms with Crippen LogP contribution in [-0.2, 0) is 16.0 Å². The Kier molecular flexibility index (Phi) is 8.32. The summed E-state index contributed by atoms with van der Waals surface area (Å²) in [6.45, 7) is 4.14. The molecular formula is C21H30N2O3. The van der Waals surface area contributed by atoms with Crippen LogP contribution in [0.4, 0.5) is 0 Å². The lowest BCUT2D eigenvalue weighted by Crippen LogP contribution is -2.34. The number of nitrogens with one attached hydrogen (secondary N) is 1. The van der Waals surface area contributed by atoms with E-state index in [1.807, 2.05) is 29.2 Å². The van der Waals surface area contributed by atoms with Crippen molar-refractivity contribution < 1.29 is 14.4 Å². The highest BCUT2D eigenvalue weighted by Crippen LogP contribution is 2.11. The smallest absolute Gasteiger partial charge is 0.222 e. The number of carbonyl (C=O) groups excluding carboxylic acids is 3. The second-order valence-corrected chi connectivity index (χ2v) is 6.87. The predicted molar refractivity (Wildman–Crippen MR) is 102 cm³/mol. The van der Waals surface area contributed by atoms with Crippen molar-refractivity contribution in [3.8, 4) is 0 Å². The highest BCUT2D eigenvalue weighted by atomic mass is 16.2. The molecule has 0 bridgehead atoms. The molecule has 0 atom stereocenters. The van der Waals surface area contributed by atoms with Gasteiger partial charge >= 0.3 is 0 Å². The second-order valence-electron chi connectivity index (χ2n) is 6.87. The Bertz CT molecular complexity index is 610. The zero-order valence-corrected chi connectivity index (χ0v) is 15.8. The largest absolute Gasteiger partial charge is 0.356 e. The minimum atomic E-state index is -0.106. The minimum absolute atomic E-state index is 0.00188. The van der Waals surface area contributed by atoms with Crippen molar-refractivity contribution in [3.05, 3.63) is 35.4 Å². The molecule has 1 aliphatic heterocycles. The van der Waals surface area contributed by atoms with E-state index >= 15 is 0 Å². The van der Waals surface area contributed by atoms with Gasteiger partial charge in [0.25, 0.3) is 0 Å². The average Bonchev–Trinajstić information content (AvgIpc) is 2.87. The van der Waals surface area contributed by atoms with Crippen molar-refractivity contribution >= 4 is 17.6 Å². The number of likely N-dealkylation sites (tertiary alicyclic amines) is 1. The van der Waals surface area contributed by atoms with E-state index in [2.05, 4.69) is 12.2 Å². The maximum absolute atomic E-state index is 12.1. The minimum Gasteiger partial charge on any atom is -0.356 e. The van der Waals surface area contributed by atoms with Crippen molar-refractivity contribution in [1.82, 2.24) is 10.2 Å². The maximum Gasteiger partial charge on any atom is 0.222 e. The quantitative estimate of drug-likeness (QED) is 0.545. The summed E-state index contributed by atoms with van der Waals surface area (Å²) in [5, 5.41) is 2.85. The number of Topliss-reactive ketones (excluding diaryl/α,β-unsaturated/α-hetero) is 1. The first-order valence-corrected chi connectivity index (χ1v) is 9.76. The zero-order valence-electron chi connectivity index (χ0n) is 15.8. The molecule has 142 valence electrons. The molecule has 5 heteroatoms. The molecule has 26 heavy (non-hydrogen) atoms. The summed E-state index contributed by atoms with van der Waals surface area (Å²) in [7, 11) is 0. The van der Waals surface area contributed by atoms with Crippen molar-refractivity contribution in [2.75, 3.05) is 19.6 Å². The predicted octanol–water partition coefficient (Wildman–Crippen LogP) is 3.12. The summed E-state index contributed by atoms with van der Waals surface area (Å²) in [6.07, 6.45) is 5.95. The monoisotopic (exact) mass is 358 g/mol. The normalized spacial score (nSPS) is 14.8. The van der Waals surface area contributed by atoms with Gasteiger partial charge in [-0.2, -0.15) is 0 Å². The molecule has 0 radical (unpaired) electrons. The third-order valence-corrected chi connectivity index (χ3v) is 4.86. The lowest BCUT2D eigenvalue weighted by Gasteiger charge is -2.20. The van der Waals surface area contributed by atoms with Crippen LogP contribution in [0.5, 0.6) is 0 Å². The fraction of sp³-hybridized carbons (Fsp3) is 0.571. The van der Waals surface area contributed by atoms with E-state index in [-0.39, 0.29) is 30.4 Å². The standard InChI is InChI=1S/C21H30N2O3/c1-2-17-8-10-18(11-9-17)19(24)12-13-20(25)22-14-6-16-23-15-5-3-4-7-21(23)26/h8-11H,2-7,12-16H2,1H3,(H,22,25). The summed E-state index contributed by atoms with van der Waals surface area (Å²) < 4.78 is 0. The van der Waals surface area contributed by atoms with E-state index in [0.29, 0.717) is 25.1 Å². The number of benzene rings is 1. The number of rotatable bonds is 9. The van der Waals surface area contributed by atoms with E-state index in [1.54, 1.807) is 0 Å². The SMILES string of the molecule is CCc1ccc(C(=O)CCC(=O)NCCCN2CCCCCC2=O)cc1. The van der Waals surface area contributed by atoms with Gasteiger partial charge in [-0.25, -0.2) is 0 Å². The van der Waals surface area contributed by atoms with Crippen molar-refractivity contribution in [2.24, 2.45) is 0 Å². The zero-order chi connectivity index (χ0) is 18.8. The molecule has 2 rings (SSSR count). The van der Waals surface area contributed by atoms with Crippen LogP contribution in [0.2, 0.25) is 0 Å². The summed E-state index contributed by atoms with van der Waals surface area (Å²) >= 11 is 0. The van der Waals surface area contributed by atoms with Gasteiger partial charge in [0.1, 0.15) is 0 Å². The molecule has 2 amide bonds. The van der Waals surface area contributed by atoms with Gasteiger partial charge in [-0.05, 0) is 31.2 Å². The van der Waals surface area contributed by atoms with Gasteiger partial charge in [0.15, 0.2) is 5.78 Å². The molecule has 1 saturated heterocycles. The van der Waals surface area contributed by atoms with Crippen LogP contribution < -0.4 is 5.32 Å². The highest BCUT2D eigenvalue weighted by Gasteiger charge is 2.16. The van der Waals surface area contributed by atoms with E-state index < -0.39 is 0 Å². The first-order chi connectivity index (χ1) is 12.6. The Hall–Kier alpha value is -2.17. The first-order valence-electron chi connectivity index (χ1n) is 9.76. The van der Waals surface area contributed by atoms with Gasteiger partial charge in [-0.1, -0.05) is 37.6 Å². The highest BCUT2D eigenvalue weighted by molar-refractivity contribution is 5.97. The van der Waals surface area contributed by atoms with Crippen LogP contribution in [0.1, 0.15) is 67.8 Å². The fourth-order valence-electron chi connectivity index (χ4n) is 3.16. The molecule has 1 fully saturated rings.